The zero-order valence-corrected chi connectivity index (χ0v) is 9.62. The van der Waals surface area contributed by atoms with E-state index in [-0.39, 0.29) is 0 Å². The smallest absolute Gasteiger partial charge is 0.259 e. The maximum atomic E-state index is 5.49. The van der Waals surface area contributed by atoms with Crippen molar-refractivity contribution < 1.29 is 9.26 Å². The van der Waals surface area contributed by atoms with Crippen LogP contribution in [-0.2, 0) is 6.42 Å². The van der Waals surface area contributed by atoms with Gasteiger partial charge in [-0.05, 0) is 39.0 Å². The van der Waals surface area contributed by atoms with Crippen LogP contribution in [0.25, 0.3) is 0 Å². The van der Waals surface area contributed by atoms with Crippen molar-refractivity contribution in [3.63, 3.8) is 0 Å². The van der Waals surface area contributed by atoms with Gasteiger partial charge in [0.05, 0.1) is 12.2 Å². The minimum Gasteiger partial charge on any atom is -0.476 e. The average molecular weight is 210 g/mol. The van der Waals surface area contributed by atoms with Gasteiger partial charge in [0, 0.05) is 12.5 Å². The molecular weight excluding hydrogens is 192 g/mol. The minimum atomic E-state index is 0.390. The van der Waals surface area contributed by atoms with Gasteiger partial charge in [-0.2, -0.15) is 0 Å². The number of nitrogens with zero attached hydrogens (tertiary/aromatic N) is 2. The Morgan fingerprint density at radius 2 is 2.33 bits per heavy atom. The second-order valence-electron chi connectivity index (χ2n) is 4.13. The molecule has 0 spiro atoms. The summed E-state index contributed by atoms with van der Waals surface area (Å²) in [7, 11) is 4.17. The van der Waals surface area contributed by atoms with E-state index in [1.807, 2.05) is 6.92 Å². The minimum absolute atomic E-state index is 0.390. The summed E-state index contributed by atoms with van der Waals surface area (Å²) in [6.45, 7) is 2.60. The van der Waals surface area contributed by atoms with E-state index >= 15 is 0 Å². The summed E-state index contributed by atoms with van der Waals surface area (Å²) in [5.74, 6) is 1.69. The van der Waals surface area contributed by atoms with Gasteiger partial charge < -0.3 is 14.2 Å². The summed E-state index contributed by atoms with van der Waals surface area (Å²) in [6.07, 6.45) is 3.30. The third-order valence-corrected chi connectivity index (χ3v) is 2.89. The highest BCUT2D eigenvalue weighted by atomic mass is 16.5. The fraction of sp³-hybridized carbons (Fsp3) is 0.727. The molecule has 0 fully saturated rings. The van der Waals surface area contributed by atoms with Crippen LogP contribution >= 0.6 is 0 Å². The molecule has 0 saturated carbocycles. The fourth-order valence-corrected chi connectivity index (χ4v) is 2.18. The van der Waals surface area contributed by atoms with E-state index in [9.17, 15) is 0 Å². The molecule has 0 bridgehead atoms. The Kier molecular flexibility index (Phi) is 2.95. The topological polar surface area (TPSA) is 38.5 Å². The van der Waals surface area contributed by atoms with Crippen LogP contribution in [0.2, 0.25) is 0 Å². The van der Waals surface area contributed by atoms with Gasteiger partial charge in [-0.1, -0.05) is 0 Å². The molecule has 0 saturated heterocycles. The van der Waals surface area contributed by atoms with Gasteiger partial charge in [0.2, 0.25) is 0 Å². The van der Waals surface area contributed by atoms with E-state index in [1.165, 1.54) is 0 Å². The first-order valence-electron chi connectivity index (χ1n) is 5.51. The number of hydrogen-bond donors (Lipinski definition) is 0. The predicted molar refractivity (Wildman–Crippen MR) is 57.0 cm³/mol. The zero-order chi connectivity index (χ0) is 10.8. The number of ether oxygens (including phenoxy) is 1. The summed E-state index contributed by atoms with van der Waals surface area (Å²) in [4.78, 5) is 2.21. The summed E-state index contributed by atoms with van der Waals surface area (Å²) in [5.41, 5.74) is 1.16. The Labute approximate surface area is 90.2 Å². The molecule has 1 aliphatic carbocycles. The van der Waals surface area contributed by atoms with E-state index in [0.717, 1.165) is 30.6 Å². The molecule has 1 heterocycles. The molecule has 1 aromatic rings. The molecule has 0 N–H and O–H groups in total. The fourth-order valence-electron chi connectivity index (χ4n) is 2.18. The van der Waals surface area contributed by atoms with Gasteiger partial charge in [0.1, 0.15) is 5.76 Å². The monoisotopic (exact) mass is 210 g/mol. The third kappa shape index (κ3) is 1.86. The number of aromatic nitrogens is 1. The summed E-state index contributed by atoms with van der Waals surface area (Å²) >= 11 is 0. The Hall–Kier alpha value is -1.03. The van der Waals surface area contributed by atoms with E-state index in [0.29, 0.717) is 18.5 Å². The molecule has 15 heavy (non-hydrogen) atoms. The van der Waals surface area contributed by atoms with Gasteiger partial charge in [-0.25, -0.2) is 0 Å². The number of hydrogen-bond acceptors (Lipinski definition) is 4. The van der Waals surface area contributed by atoms with Crippen LogP contribution in [0.5, 0.6) is 5.88 Å². The maximum Gasteiger partial charge on any atom is 0.259 e. The zero-order valence-electron chi connectivity index (χ0n) is 9.62. The molecule has 0 amide bonds. The van der Waals surface area contributed by atoms with Gasteiger partial charge in [0.25, 0.3) is 5.88 Å². The van der Waals surface area contributed by atoms with Crippen molar-refractivity contribution in [2.45, 2.75) is 32.2 Å². The first-order valence-corrected chi connectivity index (χ1v) is 5.51. The molecule has 84 valence electrons. The quantitative estimate of drug-likeness (QED) is 0.765. The number of rotatable bonds is 3. The maximum absolute atomic E-state index is 5.49. The Morgan fingerprint density at radius 1 is 1.53 bits per heavy atom. The molecule has 4 heteroatoms. The summed E-state index contributed by atoms with van der Waals surface area (Å²) in [5, 5.41) is 4.00. The Morgan fingerprint density at radius 3 is 3.00 bits per heavy atom. The van der Waals surface area contributed by atoms with Gasteiger partial charge >= 0.3 is 0 Å². The molecule has 1 aliphatic rings. The van der Waals surface area contributed by atoms with Crippen molar-refractivity contribution in [3.05, 3.63) is 11.3 Å². The lowest BCUT2D eigenvalue weighted by Crippen LogP contribution is -2.23. The molecule has 1 atom stereocenters. The van der Waals surface area contributed by atoms with E-state index < -0.39 is 0 Å². The molecule has 2 rings (SSSR count). The van der Waals surface area contributed by atoms with Gasteiger partial charge in [0.15, 0.2) is 0 Å². The first kappa shape index (κ1) is 10.5. The molecule has 0 unspecified atom stereocenters. The molecular formula is C11H18N2O2. The standard InChI is InChI=1S/C11H18N2O2/c1-4-14-11-10-8(13(2)3)6-5-7-9(10)15-12-11/h8H,4-7H2,1-3H3/t8-/m1/s1. The Bertz CT molecular complexity index is 333. The highest BCUT2D eigenvalue weighted by Crippen LogP contribution is 2.38. The molecule has 0 aliphatic heterocycles. The van der Waals surface area contributed by atoms with Crippen molar-refractivity contribution in [1.82, 2.24) is 10.1 Å². The molecule has 0 aromatic carbocycles. The third-order valence-electron chi connectivity index (χ3n) is 2.89. The van der Waals surface area contributed by atoms with Crippen LogP contribution in [0.4, 0.5) is 0 Å². The van der Waals surface area contributed by atoms with E-state index in [1.54, 1.807) is 0 Å². The predicted octanol–water partition coefficient (Wildman–Crippen LogP) is 2.01. The van der Waals surface area contributed by atoms with Crippen LogP contribution in [0, 0.1) is 0 Å². The Balaban J connectivity index is 2.33. The highest BCUT2D eigenvalue weighted by molar-refractivity contribution is 5.33. The molecule has 0 radical (unpaired) electrons. The second kappa shape index (κ2) is 4.23. The van der Waals surface area contributed by atoms with Crippen molar-refractivity contribution in [1.29, 1.82) is 0 Å². The van der Waals surface area contributed by atoms with Crippen LogP contribution in [0.1, 0.15) is 37.1 Å². The first-order chi connectivity index (χ1) is 7.24. The van der Waals surface area contributed by atoms with Crippen LogP contribution in [-0.4, -0.2) is 30.8 Å². The lowest BCUT2D eigenvalue weighted by atomic mass is 9.92. The average Bonchev–Trinajstić information content (AvgIpc) is 2.62. The van der Waals surface area contributed by atoms with Crippen molar-refractivity contribution >= 4 is 0 Å². The highest BCUT2D eigenvalue weighted by Gasteiger charge is 2.30. The van der Waals surface area contributed by atoms with E-state index in [2.05, 4.69) is 24.2 Å². The van der Waals surface area contributed by atoms with Gasteiger partial charge in [-0.15, -0.1) is 0 Å². The second-order valence-corrected chi connectivity index (χ2v) is 4.13. The lowest BCUT2D eigenvalue weighted by molar-refractivity contribution is 0.250. The van der Waals surface area contributed by atoms with Crippen molar-refractivity contribution in [2.75, 3.05) is 20.7 Å². The largest absolute Gasteiger partial charge is 0.476 e. The summed E-state index contributed by atoms with van der Waals surface area (Å²) in [6, 6.07) is 0.390. The SMILES string of the molecule is CCOc1noc2c1[C@H](N(C)C)CCC2. The van der Waals surface area contributed by atoms with E-state index in [4.69, 9.17) is 9.26 Å². The van der Waals surface area contributed by atoms with Crippen molar-refractivity contribution in [3.8, 4) is 5.88 Å². The summed E-state index contributed by atoms with van der Waals surface area (Å²) < 4.78 is 10.8. The van der Waals surface area contributed by atoms with Crippen LogP contribution in [0.15, 0.2) is 4.52 Å². The van der Waals surface area contributed by atoms with Crippen LogP contribution in [0.3, 0.4) is 0 Å². The number of fused-ring (bicyclic) bond motifs is 1. The van der Waals surface area contributed by atoms with Crippen LogP contribution < -0.4 is 4.74 Å². The van der Waals surface area contributed by atoms with Crippen molar-refractivity contribution in [2.24, 2.45) is 0 Å². The number of aryl methyl sites for hydroxylation is 1. The normalized spacial score (nSPS) is 20.4. The molecule has 1 aromatic heterocycles. The van der Waals surface area contributed by atoms with Gasteiger partial charge in [-0.3, -0.25) is 0 Å². The lowest BCUT2D eigenvalue weighted by Gasteiger charge is -2.27. The molecule has 4 nitrogen and oxygen atoms in total.